The SMILES string of the molecule is O=C(OC1Cc2ccccc2C1)N1CCCCC1. The lowest BCUT2D eigenvalue weighted by Gasteiger charge is -2.27. The molecule has 0 bridgehead atoms. The van der Waals surface area contributed by atoms with Crippen LogP contribution in [0.5, 0.6) is 0 Å². The van der Waals surface area contributed by atoms with Crippen LogP contribution in [0.2, 0.25) is 0 Å². The maximum Gasteiger partial charge on any atom is 0.410 e. The van der Waals surface area contributed by atoms with Gasteiger partial charge in [0.2, 0.25) is 0 Å². The third kappa shape index (κ3) is 2.35. The van der Waals surface area contributed by atoms with E-state index in [0.717, 1.165) is 38.8 Å². The fourth-order valence-electron chi connectivity index (χ4n) is 2.90. The lowest BCUT2D eigenvalue weighted by molar-refractivity contribution is 0.0616. The summed E-state index contributed by atoms with van der Waals surface area (Å²) in [4.78, 5) is 13.9. The Kier molecular flexibility index (Phi) is 3.22. The van der Waals surface area contributed by atoms with Gasteiger partial charge in [-0.3, -0.25) is 0 Å². The predicted octanol–water partition coefficient (Wildman–Crippen LogP) is 2.78. The Labute approximate surface area is 108 Å². The molecule has 18 heavy (non-hydrogen) atoms. The molecule has 0 atom stereocenters. The van der Waals surface area contributed by atoms with Crippen LogP contribution in [0.25, 0.3) is 0 Å². The topological polar surface area (TPSA) is 29.5 Å². The Hall–Kier alpha value is -1.51. The van der Waals surface area contributed by atoms with Crippen LogP contribution in [0.4, 0.5) is 4.79 Å². The van der Waals surface area contributed by atoms with E-state index < -0.39 is 0 Å². The van der Waals surface area contributed by atoms with Gasteiger partial charge in [0.05, 0.1) is 0 Å². The van der Waals surface area contributed by atoms with Gasteiger partial charge in [-0.15, -0.1) is 0 Å². The molecule has 1 amide bonds. The third-order valence-corrected chi connectivity index (χ3v) is 3.90. The normalized spacial score (nSPS) is 19.7. The van der Waals surface area contributed by atoms with Crippen molar-refractivity contribution in [3.63, 3.8) is 0 Å². The highest BCUT2D eigenvalue weighted by Gasteiger charge is 2.26. The van der Waals surface area contributed by atoms with Gasteiger partial charge in [0, 0.05) is 25.9 Å². The summed E-state index contributed by atoms with van der Waals surface area (Å²) in [5.74, 6) is 0. The number of amides is 1. The van der Waals surface area contributed by atoms with Gasteiger partial charge in [-0.05, 0) is 30.4 Å². The zero-order chi connectivity index (χ0) is 12.4. The number of piperidine rings is 1. The molecule has 0 radical (unpaired) electrons. The van der Waals surface area contributed by atoms with Crippen molar-refractivity contribution in [3.05, 3.63) is 35.4 Å². The average Bonchev–Trinajstić information content (AvgIpc) is 2.82. The second kappa shape index (κ2) is 5.01. The molecule has 1 aromatic rings. The zero-order valence-electron chi connectivity index (χ0n) is 10.6. The largest absolute Gasteiger partial charge is 0.445 e. The molecule has 1 fully saturated rings. The van der Waals surface area contributed by atoms with Crippen molar-refractivity contribution in [1.82, 2.24) is 4.90 Å². The highest BCUT2D eigenvalue weighted by atomic mass is 16.6. The van der Waals surface area contributed by atoms with Crippen molar-refractivity contribution in [3.8, 4) is 0 Å². The summed E-state index contributed by atoms with van der Waals surface area (Å²) in [5.41, 5.74) is 2.66. The van der Waals surface area contributed by atoms with Crippen LogP contribution in [-0.4, -0.2) is 30.2 Å². The Balaban J connectivity index is 1.57. The molecule has 3 rings (SSSR count). The average molecular weight is 245 g/mol. The Bertz CT molecular complexity index is 413. The van der Waals surface area contributed by atoms with Gasteiger partial charge in [0.25, 0.3) is 0 Å². The summed E-state index contributed by atoms with van der Waals surface area (Å²) in [5, 5.41) is 0. The van der Waals surface area contributed by atoms with Crippen molar-refractivity contribution >= 4 is 6.09 Å². The highest BCUT2D eigenvalue weighted by molar-refractivity contribution is 5.68. The van der Waals surface area contributed by atoms with Crippen LogP contribution in [0.3, 0.4) is 0 Å². The predicted molar refractivity (Wildman–Crippen MR) is 69.5 cm³/mol. The van der Waals surface area contributed by atoms with Gasteiger partial charge in [0.1, 0.15) is 6.10 Å². The van der Waals surface area contributed by atoms with Crippen LogP contribution in [0, 0.1) is 0 Å². The monoisotopic (exact) mass is 245 g/mol. The van der Waals surface area contributed by atoms with Gasteiger partial charge in [-0.1, -0.05) is 24.3 Å². The Morgan fingerprint density at radius 1 is 1.06 bits per heavy atom. The minimum Gasteiger partial charge on any atom is -0.445 e. The van der Waals surface area contributed by atoms with Crippen molar-refractivity contribution < 1.29 is 9.53 Å². The van der Waals surface area contributed by atoms with Gasteiger partial charge in [-0.25, -0.2) is 4.79 Å². The number of carbonyl (C=O) groups is 1. The first-order chi connectivity index (χ1) is 8.83. The Morgan fingerprint density at radius 2 is 1.67 bits per heavy atom. The van der Waals surface area contributed by atoms with Crippen LogP contribution < -0.4 is 0 Å². The lowest BCUT2D eigenvalue weighted by atomic mass is 10.1. The number of rotatable bonds is 1. The molecular formula is C15H19NO2. The molecule has 0 saturated carbocycles. The number of benzene rings is 1. The standard InChI is InChI=1S/C15H19NO2/c17-15(16-8-4-1-5-9-16)18-14-10-12-6-2-3-7-13(12)11-14/h2-3,6-7,14H,1,4-5,8-11H2. The molecule has 1 aliphatic carbocycles. The van der Waals surface area contributed by atoms with Crippen molar-refractivity contribution in [2.45, 2.75) is 38.2 Å². The van der Waals surface area contributed by atoms with Crippen LogP contribution in [-0.2, 0) is 17.6 Å². The smallest absolute Gasteiger partial charge is 0.410 e. The van der Waals surface area contributed by atoms with E-state index in [9.17, 15) is 4.79 Å². The molecule has 3 heteroatoms. The summed E-state index contributed by atoms with van der Waals surface area (Å²) in [6, 6.07) is 8.36. The first kappa shape index (κ1) is 11.6. The molecule has 1 aromatic carbocycles. The fourth-order valence-corrected chi connectivity index (χ4v) is 2.90. The molecule has 96 valence electrons. The number of carbonyl (C=O) groups excluding carboxylic acids is 1. The quantitative estimate of drug-likeness (QED) is 0.761. The molecular weight excluding hydrogens is 226 g/mol. The molecule has 1 aliphatic heterocycles. The molecule has 0 aromatic heterocycles. The van der Waals surface area contributed by atoms with E-state index in [-0.39, 0.29) is 12.2 Å². The Morgan fingerprint density at radius 3 is 2.28 bits per heavy atom. The van der Waals surface area contributed by atoms with Gasteiger partial charge in [-0.2, -0.15) is 0 Å². The molecule has 1 saturated heterocycles. The molecule has 1 heterocycles. The molecule has 2 aliphatic rings. The van der Waals surface area contributed by atoms with Crippen LogP contribution >= 0.6 is 0 Å². The molecule has 0 unspecified atom stereocenters. The van der Waals surface area contributed by atoms with E-state index in [1.54, 1.807) is 0 Å². The first-order valence-corrected chi connectivity index (χ1v) is 6.85. The number of hydrogen-bond acceptors (Lipinski definition) is 2. The van der Waals surface area contributed by atoms with Crippen molar-refractivity contribution in [2.24, 2.45) is 0 Å². The van der Waals surface area contributed by atoms with Crippen LogP contribution in [0.15, 0.2) is 24.3 Å². The molecule has 0 spiro atoms. The minimum atomic E-state index is -0.118. The van der Waals surface area contributed by atoms with E-state index in [2.05, 4.69) is 12.1 Å². The van der Waals surface area contributed by atoms with Gasteiger partial charge < -0.3 is 9.64 Å². The summed E-state index contributed by atoms with van der Waals surface area (Å²) in [6.07, 6.45) is 5.12. The lowest BCUT2D eigenvalue weighted by Crippen LogP contribution is -2.38. The summed E-state index contributed by atoms with van der Waals surface area (Å²) in [7, 11) is 0. The molecule has 3 nitrogen and oxygen atoms in total. The number of hydrogen-bond donors (Lipinski definition) is 0. The number of fused-ring (bicyclic) bond motifs is 1. The third-order valence-electron chi connectivity index (χ3n) is 3.90. The maximum absolute atomic E-state index is 12.0. The number of ether oxygens (including phenoxy) is 1. The zero-order valence-corrected chi connectivity index (χ0v) is 10.6. The van der Waals surface area contributed by atoms with E-state index in [0.29, 0.717) is 0 Å². The summed E-state index contributed by atoms with van der Waals surface area (Å²) >= 11 is 0. The minimum absolute atomic E-state index is 0.0387. The van der Waals surface area contributed by atoms with E-state index in [1.165, 1.54) is 17.5 Å². The van der Waals surface area contributed by atoms with Gasteiger partial charge in [0.15, 0.2) is 0 Å². The van der Waals surface area contributed by atoms with E-state index >= 15 is 0 Å². The second-order valence-corrected chi connectivity index (χ2v) is 5.23. The van der Waals surface area contributed by atoms with Crippen molar-refractivity contribution in [2.75, 3.05) is 13.1 Å². The second-order valence-electron chi connectivity index (χ2n) is 5.23. The maximum atomic E-state index is 12.0. The van der Waals surface area contributed by atoms with Crippen molar-refractivity contribution in [1.29, 1.82) is 0 Å². The van der Waals surface area contributed by atoms with E-state index in [4.69, 9.17) is 4.74 Å². The summed E-state index contributed by atoms with van der Waals surface area (Å²) in [6.45, 7) is 1.72. The number of nitrogens with zero attached hydrogens (tertiary/aromatic N) is 1. The first-order valence-electron chi connectivity index (χ1n) is 6.85. The summed E-state index contributed by atoms with van der Waals surface area (Å²) < 4.78 is 5.62. The van der Waals surface area contributed by atoms with Gasteiger partial charge >= 0.3 is 6.09 Å². The van der Waals surface area contributed by atoms with Crippen LogP contribution in [0.1, 0.15) is 30.4 Å². The number of likely N-dealkylation sites (tertiary alicyclic amines) is 1. The van der Waals surface area contributed by atoms with E-state index in [1.807, 2.05) is 17.0 Å². The highest BCUT2D eigenvalue weighted by Crippen LogP contribution is 2.24. The fraction of sp³-hybridized carbons (Fsp3) is 0.533. The molecule has 0 N–H and O–H groups in total.